The minimum atomic E-state index is -0.855. The fourth-order valence-corrected chi connectivity index (χ4v) is 3.22. The molecule has 3 aromatic rings. The van der Waals surface area contributed by atoms with Crippen molar-refractivity contribution in [3.8, 4) is 23.3 Å². The zero-order chi connectivity index (χ0) is 25.2. The van der Waals surface area contributed by atoms with Gasteiger partial charge in [0.25, 0.3) is 11.8 Å². The lowest BCUT2D eigenvalue weighted by atomic mass is 10.2. The van der Waals surface area contributed by atoms with Crippen molar-refractivity contribution in [2.45, 2.75) is 26.9 Å². The van der Waals surface area contributed by atoms with Crippen LogP contribution >= 0.6 is 0 Å². The van der Waals surface area contributed by atoms with Crippen LogP contribution in [-0.4, -0.2) is 31.1 Å². The van der Waals surface area contributed by atoms with E-state index < -0.39 is 12.0 Å². The number of amides is 2. The molecule has 0 aliphatic rings. The highest BCUT2D eigenvalue weighted by Crippen LogP contribution is 2.37. The zero-order valence-corrected chi connectivity index (χ0v) is 19.8. The van der Waals surface area contributed by atoms with Crippen molar-refractivity contribution in [3.63, 3.8) is 0 Å². The Bertz CT molecular complexity index is 1220. The molecule has 0 aromatic heterocycles. The highest BCUT2D eigenvalue weighted by Gasteiger charge is 2.20. The van der Waals surface area contributed by atoms with Crippen molar-refractivity contribution < 1.29 is 23.8 Å². The monoisotopic (exact) mass is 473 g/mol. The third-order valence-corrected chi connectivity index (χ3v) is 4.87. The Balaban J connectivity index is 1.83. The number of rotatable bonds is 10. The zero-order valence-electron chi connectivity index (χ0n) is 19.8. The Morgan fingerprint density at radius 1 is 0.886 bits per heavy atom. The second kappa shape index (κ2) is 12.1. The topological polar surface area (TPSA) is 110 Å². The predicted molar refractivity (Wildman–Crippen MR) is 133 cm³/mol. The smallest absolute Gasteiger partial charge is 0.265 e. The number of carbonyl (C=O) groups excluding carboxylic acids is 2. The van der Waals surface area contributed by atoms with E-state index in [1.165, 1.54) is 0 Å². The van der Waals surface area contributed by atoms with E-state index in [4.69, 9.17) is 19.5 Å². The number of nitrogens with one attached hydrogen (secondary N) is 2. The number of hydrogen-bond donors (Lipinski definition) is 2. The fraction of sp³-hybridized carbons (Fsp3) is 0.222. The van der Waals surface area contributed by atoms with E-state index in [9.17, 15) is 9.59 Å². The highest BCUT2D eigenvalue weighted by molar-refractivity contribution is 6.05. The molecule has 0 heterocycles. The number of hydrogen-bond acceptors (Lipinski definition) is 6. The molecule has 2 amide bonds. The molecular formula is C27H27N3O5. The molecule has 0 radical (unpaired) electrons. The third-order valence-electron chi connectivity index (χ3n) is 4.87. The van der Waals surface area contributed by atoms with Crippen molar-refractivity contribution in [1.82, 2.24) is 0 Å². The standard InChI is InChI=1S/C27H27N3O5/c1-4-33-24-16-23(30-27(32)20-11-7-6-8-12-20)25(34-5-2)15-22(24)29-26(31)18(3)35-21-13-9-10-19(14-21)17-28/h6-16,18H,4-5H2,1-3H3,(H,29,31)(H,30,32). The normalized spacial score (nSPS) is 11.0. The summed E-state index contributed by atoms with van der Waals surface area (Å²) in [6, 6.07) is 20.6. The molecule has 8 nitrogen and oxygen atoms in total. The van der Waals surface area contributed by atoms with E-state index in [1.54, 1.807) is 67.6 Å². The van der Waals surface area contributed by atoms with Gasteiger partial charge in [0.05, 0.1) is 36.2 Å². The van der Waals surface area contributed by atoms with Crippen LogP contribution in [0.2, 0.25) is 0 Å². The molecule has 0 saturated carbocycles. The van der Waals surface area contributed by atoms with Crippen LogP contribution in [0, 0.1) is 11.3 Å². The lowest BCUT2D eigenvalue weighted by Gasteiger charge is -2.19. The van der Waals surface area contributed by atoms with Crippen LogP contribution in [0.1, 0.15) is 36.7 Å². The molecule has 3 aromatic carbocycles. The second-order valence-corrected chi connectivity index (χ2v) is 7.42. The average Bonchev–Trinajstić information content (AvgIpc) is 2.87. The van der Waals surface area contributed by atoms with Gasteiger partial charge in [0.2, 0.25) is 0 Å². The van der Waals surface area contributed by atoms with Gasteiger partial charge in [-0.05, 0) is 51.1 Å². The molecule has 0 saturated heterocycles. The molecule has 0 fully saturated rings. The van der Waals surface area contributed by atoms with E-state index in [0.29, 0.717) is 53.0 Å². The van der Waals surface area contributed by atoms with E-state index >= 15 is 0 Å². The van der Waals surface area contributed by atoms with Crippen LogP contribution in [-0.2, 0) is 4.79 Å². The summed E-state index contributed by atoms with van der Waals surface area (Å²) in [7, 11) is 0. The van der Waals surface area contributed by atoms with Crippen molar-refractivity contribution in [1.29, 1.82) is 5.26 Å². The van der Waals surface area contributed by atoms with Crippen LogP contribution in [0.3, 0.4) is 0 Å². The molecule has 3 rings (SSSR count). The Morgan fingerprint density at radius 3 is 2.11 bits per heavy atom. The van der Waals surface area contributed by atoms with Gasteiger partial charge in [-0.15, -0.1) is 0 Å². The Hall–Kier alpha value is -4.51. The van der Waals surface area contributed by atoms with Crippen molar-refractivity contribution in [3.05, 3.63) is 77.9 Å². The van der Waals surface area contributed by atoms with E-state index in [-0.39, 0.29) is 5.91 Å². The molecule has 180 valence electrons. The van der Waals surface area contributed by atoms with Crippen LogP contribution < -0.4 is 24.8 Å². The first-order valence-electron chi connectivity index (χ1n) is 11.2. The Labute approximate surface area is 204 Å². The van der Waals surface area contributed by atoms with Gasteiger partial charge >= 0.3 is 0 Å². The van der Waals surface area contributed by atoms with Crippen LogP contribution in [0.5, 0.6) is 17.2 Å². The van der Waals surface area contributed by atoms with Gasteiger partial charge in [-0.3, -0.25) is 9.59 Å². The van der Waals surface area contributed by atoms with Crippen LogP contribution in [0.25, 0.3) is 0 Å². The molecule has 0 bridgehead atoms. The molecule has 2 N–H and O–H groups in total. The number of nitrogens with zero attached hydrogens (tertiary/aromatic N) is 1. The summed E-state index contributed by atoms with van der Waals surface area (Å²) >= 11 is 0. The van der Waals surface area contributed by atoms with Gasteiger partial charge in [-0.1, -0.05) is 24.3 Å². The minimum Gasteiger partial charge on any atom is -0.492 e. The number of benzene rings is 3. The lowest BCUT2D eigenvalue weighted by Crippen LogP contribution is -2.30. The minimum absolute atomic E-state index is 0.299. The number of ether oxygens (including phenoxy) is 3. The first-order chi connectivity index (χ1) is 16.9. The quantitative estimate of drug-likeness (QED) is 0.428. The summed E-state index contributed by atoms with van der Waals surface area (Å²) in [5.41, 5.74) is 1.72. The summed E-state index contributed by atoms with van der Waals surface area (Å²) in [6.45, 7) is 5.94. The van der Waals surface area contributed by atoms with E-state index in [2.05, 4.69) is 10.6 Å². The number of anilines is 2. The van der Waals surface area contributed by atoms with Gasteiger partial charge < -0.3 is 24.8 Å². The molecular weight excluding hydrogens is 446 g/mol. The molecule has 35 heavy (non-hydrogen) atoms. The summed E-state index contributed by atoms with van der Waals surface area (Å²) in [6.07, 6.45) is -0.855. The molecule has 0 spiro atoms. The molecule has 1 atom stereocenters. The van der Waals surface area contributed by atoms with Crippen LogP contribution in [0.15, 0.2) is 66.7 Å². The SMILES string of the molecule is CCOc1cc(NC(=O)C(C)Oc2cccc(C#N)c2)c(OCC)cc1NC(=O)c1ccccc1. The van der Waals surface area contributed by atoms with E-state index in [0.717, 1.165) is 0 Å². The number of carbonyl (C=O) groups is 2. The largest absolute Gasteiger partial charge is 0.492 e. The Kier molecular flexibility index (Phi) is 8.68. The Morgan fingerprint density at radius 2 is 1.51 bits per heavy atom. The molecule has 0 aliphatic heterocycles. The maximum atomic E-state index is 12.9. The summed E-state index contributed by atoms with van der Waals surface area (Å²) in [5.74, 6) is 0.437. The maximum absolute atomic E-state index is 12.9. The maximum Gasteiger partial charge on any atom is 0.265 e. The van der Waals surface area contributed by atoms with E-state index in [1.807, 2.05) is 26.0 Å². The summed E-state index contributed by atoms with van der Waals surface area (Å²) in [4.78, 5) is 25.6. The average molecular weight is 474 g/mol. The third kappa shape index (κ3) is 6.74. The first-order valence-corrected chi connectivity index (χ1v) is 11.2. The lowest BCUT2D eigenvalue weighted by molar-refractivity contribution is -0.122. The summed E-state index contributed by atoms with van der Waals surface area (Å²) < 4.78 is 17.2. The van der Waals surface area contributed by atoms with Crippen molar-refractivity contribution >= 4 is 23.2 Å². The highest BCUT2D eigenvalue weighted by atomic mass is 16.5. The molecule has 0 aliphatic carbocycles. The van der Waals surface area contributed by atoms with Gasteiger partial charge in [0.15, 0.2) is 6.10 Å². The molecule has 1 unspecified atom stereocenters. The predicted octanol–water partition coefficient (Wildman–Crippen LogP) is 5.01. The molecule has 8 heteroatoms. The van der Waals surface area contributed by atoms with Gasteiger partial charge in [-0.25, -0.2) is 0 Å². The van der Waals surface area contributed by atoms with Crippen LogP contribution in [0.4, 0.5) is 11.4 Å². The fourth-order valence-electron chi connectivity index (χ4n) is 3.22. The van der Waals surface area contributed by atoms with Crippen molar-refractivity contribution in [2.75, 3.05) is 23.8 Å². The summed E-state index contributed by atoms with van der Waals surface area (Å²) in [5, 5.41) is 14.7. The first kappa shape index (κ1) is 25.1. The van der Waals surface area contributed by atoms with Gasteiger partial charge in [0, 0.05) is 17.7 Å². The van der Waals surface area contributed by atoms with Gasteiger partial charge in [0.1, 0.15) is 17.2 Å². The van der Waals surface area contributed by atoms with Crippen molar-refractivity contribution in [2.24, 2.45) is 0 Å². The number of nitriles is 1. The van der Waals surface area contributed by atoms with Gasteiger partial charge in [-0.2, -0.15) is 5.26 Å². The second-order valence-electron chi connectivity index (χ2n) is 7.42.